The summed E-state index contributed by atoms with van der Waals surface area (Å²) in [6, 6.07) is 14.1. The first kappa shape index (κ1) is 18.8. The van der Waals surface area contributed by atoms with E-state index in [1.807, 2.05) is 33.4 Å². The van der Waals surface area contributed by atoms with Crippen molar-refractivity contribution in [1.82, 2.24) is 9.80 Å². The van der Waals surface area contributed by atoms with E-state index in [1.165, 1.54) is 17.0 Å². The van der Waals surface area contributed by atoms with Gasteiger partial charge in [0, 0.05) is 50.9 Å². The monoisotopic (exact) mass is 398 g/mol. The van der Waals surface area contributed by atoms with Gasteiger partial charge in [-0.05, 0) is 42.5 Å². The molecule has 3 heterocycles. The van der Waals surface area contributed by atoms with Gasteiger partial charge < -0.3 is 14.7 Å². The van der Waals surface area contributed by atoms with Crippen LogP contribution in [0.25, 0.3) is 0 Å². The molecule has 28 heavy (non-hydrogen) atoms. The fourth-order valence-electron chi connectivity index (χ4n) is 3.95. The number of hydrogen-bond acceptors (Lipinski definition) is 4. The fourth-order valence-corrected chi connectivity index (χ4v) is 4.55. The average Bonchev–Trinajstić information content (AvgIpc) is 3.27. The van der Waals surface area contributed by atoms with Crippen LogP contribution in [0.1, 0.15) is 12.8 Å². The number of nitrogens with one attached hydrogen (secondary N) is 1. The number of piperidine rings is 1. The summed E-state index contributed by atoms with van der Waals surface area (Å²) >= 11 is 1.51. The molecule has 0 unspecified atom stereocenters. The Hall–Kier alpha value is -2.54. The van der Waals surface area contributed by atoms with Crippen LogP contribution in [0.4, 0.5) is 15.5 Å². The van der Waals surface area contributed by atoms with Crippen molar-refractivity contribution in [3.8, 4) is 0 Å². The van der Waals surface area contributed by atoms with Crippen molar-refractivity contribution in [3.63, 3.8) is 0 Å². The van der Waals surface area contributed by atoms with Crippen LogP contribution in [0.15, 0.2) is 47.8 Å². The van der Waals surface area contributed by atoms with Gasteiger partial charge in [-0.25, -0.2) is 4.79 Å². The van der Waals surface area contributed by atoms with Crippen molar-refractivity contribution in [2.75, 3.05) is 49.5 Å². The number of carbonyl (C=O) groups is 2. The number of carbonyl (C=O) groups excluding carboxylic acids is 2. The highest BCUT2D eigenvalue weighted by molar-refractivity contribution is 7.14. The molecular weight excluding hydrogens is 372 g/mol. The number of para-hydroxylation sites is 1. The molecule has 2 aliphatic rings. The molecule has 6 nitrogen and oxygen atoms in total. The Kier molecular flexibility index (Phi) is 5.81. The minimum absolute atomic E-state index is 0.0362. The Labute approximate surface area is 169 Å². The number of likely N-dealkylation sites (tertiary alicyclic amines) is 1. The molecule has 148 valence electrons. The lowest BCUT2D eigenvalue weighted by Crippen LogP contribution is -2.52. The summed E-state index contributed by atoms with van der Waals surface area (Å²) in [5.41, 5.74) is 1.22. The molecule has 2 saturated heterocycles. The van der Waals surface area contributed by atoms with E-state index in [0.717, 1.165) is 44.0 Å². The van der Waals surface area contributed by atoms with Crippen LogP contribution in [0.3, 0.4) is 0 Å². The SMILES string of the molecule is O=C(Nc1cccs1)N1CCC(C(=O)N2CCN(c3ccccc3)CC2)CC1. The highest BCUT2D eigenvalue weighted by Crippen LogP contribution is 2.23. The lowest BCUT2D eigenvalue weighted by atomic mass is 9.95. The Bertz CT molecular complexity index is 780. The predicted octanol–water partition coefficient (Wildman–Crippen LogP) is 3.34. The van der Waals surface area contributed by atoms with E-state index in [-0.39, 0.29) is 17.9 Å². The number of anilines is 2. The van der Waals surface area contributed by atoms with Crippen molar-refractivity contribution >= 4 is 34.0 Å². The third-order valence-corrected chi connectivity index (χ3v) is 6.38. The second-order valence-corrected chi connectivity index (χ2v) is 8.26. The summed E-state index contributed by atoms with van der Waals surface area (Å²) in [7, 11) is 0. The number of urea groups is 1. The van der Waals surface area contributed by atoms with Crippen molar-refractivity contribution < 1.29 is 9.59 Å². The zero-order valence-corrected chi connectivity index (χ0v) is 16.7. The highest BCUT2D eigenvalue weighted by atomic mass is 32.1. The minimum atomic E-state index is -0.0650. The van der Waals surface area contributed by atoms with Gasteiger partial charge >= 0.3 is 6.03 Å². The number of amides is 3. The summed E-state index contributed by atoms with van der Waals surface area (Å²) in [5, 5.41) is 5.73. The van der Waals surface area contributed by atoms with E-state index >= 15 is 0 Å². The molecule has 2 fully saturated rings. The normalized spacial score (nSPS) is 18.2. The summed E-state index contributed by atoms with van der Waals surface area (Å²) in [6.07, 6.45) is 1.49. The molecule has 3 amide bonds. The molecule has 1 aromatic heterocycles. The third kappa shape index (κ3) is 4.30. The standard InChI is InChI=1S/C21H26N4O2S/c26-20(24-14-12-23(13-15-24)18-5-2-1-3-6-18)17-8-10-25(11-9-17)21(27)22-19-7-4-16-28-19/h1-7,16-17H,8-15H2,(H,22,27). The van der Waals surface area contributed by atoms with Gasteiger partial charge in [0.2, 0.25) is 5.91 Å². The van der Waals surface area contributed by atoms with Crippen LogP contribution in [-0.2, 0) is 4.79 Å². The van der Waals surface area contributed by atoms with Crippen LogP contribution in [0, 0.1) is 5.92 Å². The molecule has 1 aromatic carbocycles. The van der Waals surface area contributed by atoms with Gasteiger partial charge in [0.25, 0.3) is 0 Å². The molecule has 0 radical (unpaired) electrons. The summed E-state index contributed by atoms with van der Waals surface area (Å²) in [4.78, 5) is 31.4. The fraction of sp³-hybridized carbons (Fsp3) is 0.429. The van der Waals surface area contributed by atoms with E-state index in [4.69, 9.17) is 0 Å². The molecule has 0 aliphatic carbocycles. The van der Waals surface area contributed by atoms with Gasteiger partial charge in [0.15, 0.2) is 0 Å². The molecule has 0 spiro atoms. The Balaban J connectivity index is 1.24. The molecule has 7 heteroatoms. The third-order valence-electron chi connectivity index (χ3n) is 5.60. The highest BCUT2D eigenvalue weighted by Gasteiger charge is 2.31. The van der Waals surface area contributed by atoms with Gasteiger partial charge in [-0.15, -0.1) is 11.3 Å². The molecule has 0 atom stereocenters. The topological polar surface area (TPSA) is 55.9 Å². The maximum atomic E-state index is 12.9. The molecule has 2 aromatic rings. The van der Waals surface area contributed by atoms with E-state index < -0.39 is 0 Å². The van der Waals surface area contributed by atoms with Crippen molar-refractivity contribution in [2.45, 2.75) is 12.8 Å². The quantitative estimate of drug-likeness (QED) is 0.863. The Morgan fingerprint density at radius 1 is 0.857 bits per heavy atom. The number of rotatable bonds is 3. The van der Waals surface area contributed by atoms with Gasteiger partial charge in [0.1, 0.15) is 0 Å². The largest absolute Gasteiger partial charge is 0.368 e. The average molecular weight is 399 g/mol. The summed E-state index contributed by atoms with van der Waals surface area (Å²) < 4.78 is 0. The van der Waals surface area contributed by atoms with Crippen LogP contribution in [0.5, 0.6) is 0 Å². The first-order valence-corrected chi connectivity index (χ1v) is 10.8. The number of hydrogen-bond donors (Lipinski definition) is 1. The second kappa shape index (κ2) is 8.65. The lowest BCUT2D eigenvalue weighted by molar-refractivity contribution is -0.137. The number of nitrogens with zero attached hydrogens (tertiary/aromatic N) is 3. The maximum Gasteiger partial charge on any atom is 0.322 e. The summed E-state index contributed by atoms with van der Waals surface area (Å²) in [5.74, 6) is 0.292. The Morgan fingerprint density at radius 3 is 2.21 bits per heavy atom. The number of piperazine rings is 1. The number of benzene rings is 1. The smallest absolute Gasteiger partial charge is 0.322 e. The number of thiophene rings is 1. The first-order chi connectivity index (χ1) is 13.7. The zero-order chi connectivity index (χ0) is 19.3. The molecule has 0 saturated carbocycles. The predicted molar refractivity (Wildman–Crippen MR) is 113 cm³/mol. The summed E-state index contributed by atoms with van der Waals surface area (Å²) in [6.45, 7) is 4.56. The minimum Gasteiger partial charge on any atom is -0.368 e. The molecule has 0 bridgehead atoms. The second-order valence-electron chi connectivity index (χ2n) is 7.32. The van der Waals surface area contributed by atoms with Gasteiger partial charge in [0.05, 0.1) is 5.00 Å². The van der Waals surface area contributed by atoms with Crippen molar-refractivity contribution in [3.05, 3.63) is 47.8 Å². The lowest BCUT2D eigenvalue weighted by Gasteiger charge is -2.39. The first-order valence-electron chi connectivity index (χ1n) is 9.89. The molecular formula is C21H26N4O2S. The van der Waals surface area contributed by atoms with Gasteiger partial charge in [-0.3, -0.25) is 10.1 Å². The van der Waals surface area contributed by atoms with E-state index in [9.17, 15) is 9.59 Å². The maximum absolute atomic E-state index is 12.9. The van der Waals surface area contributed by atoms with E-state index in [2.05, 4.69) is 34.5 Å². The van der Waals surface area contributed by atoms with E-state index in [1.54, 1.807) is 0 Å². The Morgan fingerprint density at radius 2 is 1.57 bits per heavy atom. The van der Waals surface area contributed by atoms with Crippen LogP contribution < -0.4 is 10.2 Å². The molecule has 1 N–H and O–H groups in total. The van der Waals surface area contributed by atoms with Crippen molar-refractivity contribution in [1.29, 1.82) is 0 Å². The van der Waals surface area contributed by atoms with E-state index in [0.29, 0.717) is 13.1 Å². The van der Waals surface area contributed by atoms with Crippen molar-refractivity contribution in [2.24, 2.45) is 5.92 Å². The van der Waals surface area contributed by atoms with Gasteiger partial charge in [-0.1, -0.05) is 18.2 Å². The van der Waals surface area contributed by atoms with Crippen LogP contribution in [-0.4, -0.2) is 61.0 Å². The molecule has 4 rings (SSSR count). The van der Waals surface area contributed by atoms with Gasteiger partial charge in [-0.2, -0.15) is 0 Å². The van der Waals surface area contributed by atoms with Crippen LogP contribution in [0.2, 0.25) is 0 Å². The zero-order valence-electron chi connectivity index (χ0n) is 15.9. The molecule has 2 aliphatic heterocycles. The van der Waals surface area contributed by atoms with Crippen LogP contribution >= 0.6 is 11.3 Å².